The van der Waals surface area contributed by atoms with Gasteiger partial charge in [0.1, 0.15) is 5.94 Å². The molecular formula is C11H10O. The van der Waals surface area contributed by atoms with Crippen molar-refractivity contribution >= 4 is 12.0 Å². The fraction of sp³-hybridized carbons (Fsp3) is 0.0909. The quantitative estimate of drug-likeness (QED) is 0.529. The molecule has 0 unspecified atom stereocenters. The normalized spacial score (nSPS) is 11.0. The van der Waals surface area contributed by atoms with E-state index in [1.807, 2.05) is 0 Å². The number of rotatable bonds is 0. The van der Waals surface area contributed by atoms with E-state index in [1.54, 1.807) is 0 Å². The summed E-state index contributed by atoms with van der Waals surface area (Å²) >= 11 is 0. The van der Waals surface area contributed by atoms with Gasteiger partial charge in [0.25, 0.3) is 0 Å². The molecular weight excluding hydrogens is 148 g/mol. The smallest absolute Gasteiger partial charge is 0.116 e. The van der Waals surface area contributed by atoms with Crippen molar-refractivity contribution in [3.63, 3.8) is 0 Å². The number of carbonyl (C=O) groups excluding carboxylic acids is 1. The average Bonchev–Trinajstić information content (AvgIpc) is 2.52. The summed E-state index contributed by atoms with van der Waals surface area (Å²) in [6, 6.07) is 8.49. The first-order chi connectivity index (χ1) is 5.88. The third-order valence-electron chi connectivity index (χ3n) is 1.69. The highest BCUT2D eigenvalue weighted by molar-refractivity contribution is 5.59. The van der Waals surface area contributed by atoms with Gasteiger partial charge in [-0.15, -0.1) is 0 Å². The molecule has 0 spiro atoms. The Balaban J connectivity index is 0.000000213. The van der Waals surface area contributed by atoms with Gasteiger partial charge in [-0.1, -0.05) is 36.4 Å². The molecule has 0 aliphatic heterocycles. The van der Waals surface area contributed by atoms with Crippen LogP contribution in [0.3, 0.4) is 0 Å². The predicted octanol–water partition coefficient (Wildman–Crippen LogP) is 2.26. The highest BCUT2D eigenvalue weighted by atomic mass is 16.1. The maximum absolute atomic E-state index is 8.57. The largest absolute Gasteiger partial charge is 0.234 e. The highest BCUT2D eigenvalue weighted by Gasteiger charge is 2.00. The van der Waals surface area contributed by atoms with Gasteiger partial charge in [0.15, 0.2) is 0 Å². The van der Waals surface area contributed by atoms with Crippen LogP contribution in [-0.4, -0.2) is 5.94 Å². The summed E-state index contributed by atoms with van der Waals surface area (Å²) < 4.78 is 0. The van der Waals surface area contributed by atoms with E-state index in [0.29, 0.717) is 0 Å². The lowest BCUT2D eigenvalue weighted by Gasteiger charge is -1.93. The summed E-state index contributed by atoms with van der Waals surface area (Å²) in [5, 5.41) is 0. The van der Waals surface area contributed by atoms with E-state index in [2.05, 4.69) is 43.0 Å². The molecule has 0 bridgehead atoms. The second kappa shape index (κ2) is 4.32. The molecule has 1 nitrogen and oxygen atoms in total. The van der Waals surface area contributed by atoms with E-state index < -0.39 is 0 Å². The second-order valence-electron chi connectivity index (χ2n) is 2.45. The van der Waals surface area contributed by atoms with Crippen LogP contribution in [0.15, 0.2) is 36.9 Å². The Morgan fingerprint density at radius 2 is 2.00 bits per heavy atom. The lowest BCUT2D eigenvalue weighted by molar-refractivity contribution is 0.569. The van der Waals surface area contributed by atoms with Gasteiger partial charge in [-0.25, -0.2) is 4.79 Å². The molecule has 1 aliphatic rings. The van der Waals surface area contributed by atoms with Gasteiger partial charge in [-0.05, 0) is 24.1 Å². The molecule has 1 heteroatoms. The Morgan fingerprint density at radius 3 is 2.67 bits per heavy atom. The molecule has 0 heterocycles. The van der Waals surface area contributed by atoms with Crippen molar-refractivity contribution in [2.24, 2.45) is 0 Å². The van der Waals surface area contributed by atoms with E-state index in [1.165, 1.54) is 17.1 Å². The van der Waals surface area contributed by atoms with Crippen molar-refractivity contribution in [3.8, 4) is 0 Å². The first kappa shape index (κ1) is 8.51. The topological polar surface area (TPSA) is 17.1 Å². The Morgan fingerprint density at radius 1 is 1.33 bits per heavy atom. The fourth-order valence-corrected chi connectivity index (χ4v) is 1.20. The Hall–Kier alpha value is -1.59. The van der Waals surface area contributed by atoms with Crippen molar-refractivity contribution in [2.45, 2.75) is 6.42 Å². The highest BCUT2D eigenvalue weighted by Crippen LogP contribution is 2.17. The van der Waals surface area contributed by atoms with E-state index in [4.69, 9.17) is 4.79 Å². The molecule has 0 radical (unpaired) electrons. The Bertz CT molecular complexity index is 318. The second-order valence-corrected chi connectivity index (χ2v) is 2.45. The van der Waals surface area contributed by atoms with Crippen LogP contribution in [0.4, 0.5) is 0 Å². The lowest BCUT2D eigenvalue weighted by Crippen LogP contribution is -1.76. The molecule has 0 N–H and O–H groups in total. The minimum atomic E-state index is 1.12. The molecule has 1 aromatic carbocycles. The van der Waals surface area contributed by atoms with Gasteiger partial charge in [0.05, 0.1) is 0 Å². The van der Waals surface area contributed by atoms with Gasteiger partial charge < -0.3 is 0 Å². The first-order valence-corrected chi connectivity index (χ1v) is 3.77. The zero-order chi connectivity index (χ0) is 8.81. The number of allylic oxidation sites excluding steroid dienone is 1. The summed E-state index contributed by atoms with van der Waals surface area (Å²) in [5.74, 6) is 1.25. The fourth-order valence-electron chi connectivity index (χ4n) is 1.20. The monoisotopic (exact) mass is 158 g/mol. The van der Waals surface area contributed by atoms with Crippen molar-refractivity contribution in [1.29, 1.82) is 0 Å². The van der Waals surface area contributed by atoms with Crippen molar-refractivity contribution < 1.29 is 4.79 Å². The summed E-state index contributed by atoms with van der Waals surface area (Å²) in [7, 11) is 0. The third-order valence-corrected chi connectivity index (χ3v) is 1.69. The van der Waals surface area contributed by atoms with E-state index in [9.17, 15) is 0 Å². The molecule has 0 saturated heterocycles. The van der Waals surface area contributed by atoms with Gasteiger partial charge in [0, 0.05) is 0 Å². The summed E-state index contributed by atoms with van der Waals surface area (Å²) in [5.41, 5.74) is 2.84. The molecule has 0 saturated carbocycles. The first-order valence-electron chi connectivity index (χ1n) is 3.77. The number of hydrogen-bond donors (Lipinski definition) is 0. The number of hydrogen-bond acceptors (Lipinski definition) is 1. The minimum absolute atomic E-state index is 1.12. The van der Waals surface area contributed by atoms with Gasteiger partial charge >= 0.3 is 0 Å². The molecule has 12 heavy (non-hydrogen) atoms. The van der Waals surface area contributed by atoms with Crippen molar-refractivity contribution in [1.82, 2.24) is 0 Å². The van der Waals surface area contributed by atoms with Crippen LogP contribution >= 0.6 is 0 Å². The van der Waals surface area contributed by atoms with Gasteiger partial charge in [0.2, 0.25) is 0 Å². The maximum atomic E-state index is 8.57. The predicted molar refractivity (Wildman–Crippen MR) is 50.5 cm³/mol. The molecule has 1 aromatic rings. The van der Waals surface area contributed by atoms with Crippen LogP contribution in [0, 0.1) is 0 Å². The molecule has 0 fully saturated rings. The van der Waals surface area contributed by atoms with Crippen LogP contribution in [0.5, 0.6) is 0 Å². The summed E-state index contributed by atoms with van der Waals surface area (Å²) in [6.45, 7) is 2.68. The Labute approximate surface area is 72.0 Å². The van der Waals surface area contributed by atoms with Gasteiger partial charge in [-0.2, -0.15) is 0 Å². The standard InChI is InChI=1S/C9H8.C2H2O/c1-2-5-9-7-3-6-8(9)4-1;1-2-3/h1-6H,7H2;1H2. The SMILES string of the molecule is C1=Cc2ccccc2C1.C=C=O. The summed E-state index contributed by atoms with van der Waals surface area (Å²) in [4.78, 5) is 8.57. The number of benzene rings is 1. The van der Waals surface area contributed by atoms with Crippen LogP contribution in [-0.2, 0) is 11.2 Å². The van der Waals surface area contributed by atoms with Crippen LogP contribution < -0.4 is 0 Å². The van der Waals surface area contributed by atoms with Crippen LogP contribution in [0.25, 0.3) is 6.08 Å². The summed E-state index contributed by atoms with van der Waals surface area (Å²) in [6.07, 6.45) is 5.50. The minimum Gasteiger partial charge on any atom is -0.234 e. The maximum Gasteiger partial charge on any atom is 0.116 e. The van der Waals surface area contributed by atoms with Crippen LogP contribution in [0.1, 0.15) is 11.1 Å². The van der Waals surface area contributed by atoms with E-state index in [0.717, 1.165) is 6.42 Å². The molecule has 60 valence electrons. The van der Waals surface area contributed by atoms with E-state index >= 15 is 0 Å². The zero-order valence-electron chi connectivity index (χ0n) is 6.79. The Kier molecular flexibility index (Phi) is 3.06. The molecule has 0 atom stereocenters. The average molecular weight is 158 g/mol. The lowest BCUT2D eigenvalue weighted by atomic mass is 10.1. The van der Waals surface area contributed by atoms with Crippen molar-refractivity contribution in [2.75, 3.05) is 0 Å². The number of fused-ring (bicyclic) bond motifs is 1. The zero-order valence-corrected chi connectivity index (χ0v) is 6.79. The molecule has 0 aromatic heterocycles. The molecule has 0 amide bonds. The van der Waals surface area contributed by atoms with Crippen molar-refractivity contribution in [3.05, 3.63) is 48.0 Å². The van der Waals surface area contributed by atoms with E-state index in [-0.39, 0.29) is 0 Å². The third kappa shape index (κ3) is 1.94. The molecule has 2 rings (SSSR count). The molecule has 1 aliphatic carbocycles. The van der Waals surface area contributed by atoms with Crippen LogP contribution in [0.2, 0.25) is 0 Å². The van der Waals surface area contributed by atoms with Gasteiger partial charge in [-0.3, -0.25) is 0 Å².